The Morgan fingerprint density at radius 1 is 1.03 bits per heavy atom. The molecule has 4 heterocycles. The number of carbonyl (C=O) groups is 1. The second kappa shape index (κ2) is 9.72. The van der Waals surface area contributed by atoms with Gasteiger partial charge >= 0.3 is 6.18 Å². The van der Waals surface area contributed by atoms with E-state index in [-0.39, 0.29) is 23.3 Å². The van der Waals surface area contributed by atoms with Gasteiger partial charge in [-0.3, -0.25) is 14.8 Å². The van der Waals surface area contributed by atoms with E-state index < -0.39 is 11.9 Å². The van der Waals surface area contributed by atoms with Crippen LogP contribution in [0.15, 0.2) is 36.7 Å². The number of aromatic nitrogens is 4. The minimum atomic E-state index is -4.53. The maximum atomic E-state index is 13.1. The molecule has 3 aromatic heterocycles. The molecule has 1 fully saturated rings. The van der Waals surface area contributed by atoms with Gasteiger partial charge in [-0.1, -0.05) is 6.07 Å². The van der Waals surface area contributed by atoms with Crippen molar-refractivity contribution >= 4 is 11.7 Å². The Morgan fingerprint density at radius 2 is 1.74 bits per heavy atom. The molecule has 0 radical (unpaired) electrons. The van der Waals surface area contributed by atoms with Crippen LogP contribution in [0.25, 0.3) is 11.1 Å². The van der Waals surface area contributed by atoms with Crippen molar-refractivity contribution in [2.75, 3.05) is 33.0 Å². The Labute approximate surface area is 199 Å². The number of nitrogen functional groups attached to an aromatic ring is 1. The number of amides is 1. The Bertz CT molecular complexity index is 1210. The zero-order valence-corrected chi connectivity index (χ0v) is 19.0. The number of methoxy groups -OCH3 is 2. The summed E-state index contributed by atoms with van der Waals surface area (Å²) < 4.78 is 49.2. The van der Waals surface area contributed by atoms with Crippen molar-refractivity contribution < 1.29 is 27.4 Å². The first-order chi connectivity index (χ1) is 16.7. The van der Waals surface area contributed by atoms with Gasteiger partial charge in [0.2, 0.25) is 0 Å². The number of likely N-dealkylation sites (tertiary alicyclic amines) is 1. The maximum Gasteiger partial charge on any atom is 0.433 e. The molecule has 4 rings (SSSR count). The molecule has 35 heavy (non-hydrogen) atoms. The average Bonchev–Trinajstić information content (AvgIpc) is 2.87. The molecule has 184 valence electrons. The van der Waals surface area contributed by atoms with E-state index in [0.717, 1.165) is 12.3 Å². The van der Waals surface area contributed by atoms with E-state index in [0.29, 0.717) is 54.3 Å². The van der Waals surface area contributed by atoms with E-state index in [1.165, 1.54) is 25.4 Å². The van der Waals surface area contributed by atoms with E-state index in [2.05, 4.69) is 20.2 Å². The third kappa shape index (κ3) is 5.10. The van der Waals surface area contributed by atoms with Crippen LogP contribution in [0.4, 0.5) is 19.0 Å². The second-order valence-electron chi connectivity index (χ2n) is 7.99. The van der Waals surface area contributed by atoms with Crippen LogP contribution >= 0.6 is 0 Å². The summed E-state index contributed by atoms with van der Waals surface area (Å²) in [7, 11) is 2.96. The quantitative estimate of drug-likeness (QED) is 0.580. The molecule has 0 atom stereocenters. The van der Waals surface area contributed by atoms with Crippen molar-refractivity contribution in [2.45, 2.75) is 24.9 Å². The number of ether oxygens (including phenoxy) is 2. The lowest BCUT2D eigenvalue weighted by molar-refractivity contribution is -0.141. The van der Waals surface area contributed by atoms with Gasteiger partial charge in [0.15, 0.2) is 0 Å². The first-order valence-corrected chi connectivity index (χ1v) is 10.7. The molecule has 1 aliphatic heterocycles. The Kier molecular flexibility index (Phi) is 6.72. The third-order valence-electron chi connectivity index (χ3n) is 5.86. The number of rotatable bonds is 5. The van der Waals surface area contributed by atoms with E-state index in [1.807, 2.05) is 0 Å². The topological polar surface area (TPSA) is 116 Å². The van der Waals surface area contributed by atoms with E-state index >= 15 is 0 Å². The summed E-state index contributed by atoms with van der Waals surface area (Å²) in [4.78, 5) is 22.5. The summed E-state index contributed by atoms with van der Waals surface area (Å²) in [6, 6.07) is 5.29. The summed E-state index contributed by atoms with van der Waals surface area (Å²) in [6.07, 6.45) is -0.711. The highest BCUT2D eigenvalue weighted by atomic mass is 19.4. The number of nitrogens with zero attached hydrogens (tertiary/aromatic N) is 5. The van der Waals surface area contributed by atoms with Crippen LogP contribution in [0.5, 0.6) is 11.5 Å². The van der Waals surface area contributed by atoms with E-state index in [4.69, 9.17) is 15.2 Å². The number of halogens is 3. The molecule has 0 spiro atoms. The smallest absolute Gasteiger partial charge is 0.433 e. The number of hydrogen-bond acceptors (Lipinski definition) is 8. The predicted molar refractivity (Wildman–Crippen MR) is 120 cm³/mol. The molecular weight excluding hydrogens is 465 g/mol. The van der Waals surface area contributed by atoms with Gasteiger partial charge in [0.1, 0.15) is 34.4 Å². The lowest BCUT2D eigenvalue weighted by Crippen LogP contribution is -2.38. The zero-order valence-electron chi connectivity index (χ0n) is 19.0. The van der Waals surface area contributed by atoms with Crippen LogP contribution in [0, 0.1) is 0 Å². The van der Waals surface area contributed by atoms with Gasteiger partial charge < -0.3 is 20.1 Å². The van der Waals surface area contributed by atoms with Crippen LogP contribution < -0.4 is 15.2 Å². The number of pyridine rings is 2. The molecule has 12 heteroatoms. The molecule has 0 bridgehead atoms. The Morgan fingerprint density at radius 3 is 2.34 bits per heavy atom. The molecule has 0 unspecified atom stereocenters. The average molecular weight is 488 g/mol. The molecular formula is C23H23F3N6O3. The maximum absolute atomic E-state index is 13.1. The summed E-state index contributed by atoms with van der Waals surface area (Å²) in [5.74, 6) is 0.950. The molecule has 0 aliphatic carbocycles. The highest BCUT2D eigenvalue weighted by molar-refractivity contribution is 5.93. The van der Waals surface area contributed by atoms with Gasteiger partial charge in [-0.05, 0) is 18.9 Å². The van der Waals surface area contributed by atoms with Crippen LogP contribution in [0.2, 0.25) is 0 Å². The Balaban J connectivity index is 1.48. The van der Waals surface area contributed by atoms with Gasteiger partial charge in [-0.15, -0.1) is 10.2 Å². The van der Waals surface area contributed by atoms with Crippen molar-refractivity contribution in [3.05, 3.63) is 53.7 Å². The lowest BCUT2D eigenvalue weighted by Gasteiger charge is -2.31. The predicted octanol–water partition coefficient (Wildman–Crippen LogP) is 3.57. The van der Waals surface area contributed by atoms with Gasteiger partial charge in [-0.25, -0.2) is 0 Å². The van der Waals surface area contributed by atoms with E-state index in [9.17, 15) is 18.0 Å². The van der Waals surface area contributed by atoms with Crippen LogP contribution in [0.3, 0.4) is 0 Å². The molecule has 3 aromatic rings. The van der Waals surface area contributed by atoms with Gasteiger partial charge in [0.05, 0.1) is 14.2 Å². The van der Waals surface area contributed by atoms with Crippen molar-refractivity contribution in [3.63, 3.8) is 0 Å². The van der Waals surface area contributed by atoms with Crippen LogP contribution in [0.1, 0.15) is 40.6 Å². The number of carbonyl (C=O) groups excluding carboxylic acids is 1. The van der Waals surface area contributed by atoms with Gasteiger partial charge in [-0.2, -0.15) is 13.2 Å². The second-order valence-corrected chi connectivity index (χ2v) is 7.99. The number of anilines is 1. The molecule has 0 saturated carbocycles. The van der Waals surface area contributed by atoms with Crippen molar-refractivity contribution in [2.24, 2.45) is 0 Å². The molecule has 1 aliphatic rings. The molecule has 0 aromatic carbocycles. The fraction of sp³-hybridized carbons (Fsp3) is 0.348. The first-order valence-electron chi connectivity index (χ1n) is 10.7. The SMILES string of the molecule is COc1cc(C(=O)N2CCC(c3nnc(N)cc3OC)CC2)ncc1-c1ccc(C(F)(F)F)nc1. The normalized spacial score (nSPS) is 14.6. The highest BCUT2D eigenvalue weighted by Gasteiger charge is 2.32. The third-order valence-corrected chi connectivity index (χ3v) is 5.86. The largest absolute Gasteiger partial charge is 0.496 e. The zero-order chi connectivity index (χ0) is 25.2. The number of hydrogen-bond donors (Lipinski definition) is 1. The lowest BCUT2D eigenvalue weighted by atomic mass is 9.92. The number of alkyl halides is 3. The van der Waals surface area contributed by atoms with Crippen molar-refractivity contribution in [1.82, 2.24) is 25.1 Å². The Hall–Kier alpha value is -3.96. The first kappa shape index (κ1) is 24.2. The van der Waals surface area contributed by atoms with E-state index in [1.54, 1.807) is 18.1 Å². The standard InChI is InChI=1S/C23H23F3N6O3/c1-34-17-9-16(28-12-15(17)14-3-4-19(29-11-14)23(24,25)26)22(33)32-7-5-13(6-8-32)21-18(35-2)10-20(27)30-31-21/h3-4,9-13H,5-8H2,1-2H3,(H2,27,30). The minimum absolute atomic E-state index is 0.0686. The van der Waals surface area contributed by atoms with Crippen molar-refractivity contribution in [1.29, 1.82) is 0 Å². The van der Waals surface area contributed by atoms with Crippen LogP contribution in [-0.4, -0.2) is 58.3 Å². The van der Waals surface area contributed by atoms with Gasteiger partial charge in [0, 0.05) is 54.7 Å². The molecule has 9 nitrogen and oxygen atoms in total. The molecule has 2 N–H and O–H groups in total. The van der Waals surface area contributed by atoms with Gasteiger partial charge in [0.25, 0.3) is 5.91 Å². The molecule has 1 amide bonds. The minimum Gasteiger partial charge on any atom is -0.496 e. The van der Waals surface area contributed by atoms with Crippen LogP contribution in [-0.2, 0) is 6.18 Å². The summed E-state index contributed by atoms with van der Waals surface area (Å²) in [6.45, 7) is 0.959. The molecule has 1 saturated heterocycles. The highest BCUT2D eigenvalue weighted by Crippen LogP contribution is 2.35. The van der Waals surface area contributed by atoms with Crippen molar-refractivity contribution in [3.8, 4) is 22.6 Å². The summed E-state index contributed by atoms with van der Waals surface area (Å²) in [5, 5.41) is 8.10. The monoisotopic (exact) mass is 488 g/mol. The fourth-order valence-electron chi connectivity index (χ4n) is 4.02. The summed E-state index contributed by atoms with van der Waals surface area (Å²) in [5.41, 5.74) is 6.39. The summed E-state index contributed by atoms with van der Waals surface area (Å²) >= 11 is 0. The fourth-order valence-corrected chi connectivity index (χ4v) is 4.02. The number of piperidine rings is 1. The number of nitrogens with two attached hydrogens (primary N) is 1.